The first kappa shape index (κ1) is 22.5. The number of nitrogens with zero attached hydrogens (tertiary/aromatic N) is 4. The van der Waals surface area contributed by atoms with Crippen LogP contribution in [0.25, 0.3) is 10.9 Å². The van der Waals surface area contributed by atoms with E-state index < -0.39 is 0 Å². The van der Waals surface area contributed by atoms with Gasteiger partial charge < -0.3 is 14.2 Å². The topological polar surface area (TPSA) is 60.2 Å². The third-order valence-corrected chi connectivity index (χ3v) is 5.80. The summed E-state index contributed by atoms with van der Waals surface area (Å²) >= 11 is 0. The van der Waals surface area contributed by atoms with Crippen molar-refractivity contribution in [1.29, 1.82) is 0 Å². The lowest BCUT2D eigenvalue weighted by Crippen LogP contribution is -2.28. The van der Waals surface area contributed by atoms with Gasteiger partial charge >= 0.3 is 0 Å². The van der Waals surface area contributed by atoms with Crippen molar-refractivity contribution in [3.05, 3.63) is 95.2 Å². The molecule has 6 nitrogen and oxygen atoms in total. The Balaban J connectivity index is 1.24. The minimum Gasteiger partial charge on any atom is -0.494 e. The fourth-order valence-electron chi connectivity index (χ4n) is 3.92. The fraction of sp³-hybridized carbons (Fsp3) is 0.296. The molecule has 0 spiro atoms. The SMILES string of the molecule is Cn1c(=O)ccc2cc(OCCCCCN(CCc3cccnc3)c3ccccn3)ccc21. The molecule has 0 amide bonds. The third kappa shape index (κ3) is 6.19. The molecule has 0 aliphatic rings. The molecule has 33 heavy (non-hydrogen) atoms. The molecule has 170 valence electrons. The standard InChI is InChI=1S/C27H30N4O2/c1-30-25-12-11-24(20-23(25)10-13-27(30)32)33-19-6-2-5-17-31(26-9-3-4-16-29-26)18-14-22-8-7-15-28-21-22/h3-4,7-13,15-16,20-21H,2,5-6,14,17-19H2,1H3. The van der Waals surface area contributed by atoms with E-state index in [9.17, 15) is 4.79 Å². The van der Waals surface area contributed by atoms with Gasteiger partial charge in [0.25, 0.3) is 5.56 Å². The van der Waals surface area contributed by atoms with Crippen molar-refractivity contribution in [1.82, 2.24) is 14.5 Å². The number of benzene rings is 1. The summed E-state index contributed by atoms with van der Waals surface area (Å²) in [5.74, 6) is 1.86. The van der Waals surface area contributed by atoms with Gasteiger partial charge in [-0.15, -0.1) is 0 Å². The average Bonchev–Trinajstić information content (AvgIpc) is 2.86. The van der Waals surface area contributed by atoms with Gasteiger partial charge in [-0.25, -0.2) is 4.98 Å². The molecule has 0 bridgehead atoms. The maximum atomic E-state index is 11.8. The van der Waals surface area contributed by atoms with Crippen molar-refractivity contribution in [2.45, 2.75) is 25.7 Å². The van der Waals surface area contributed by atoms with Crippen LogP contribution in [0.3, 0.4) is 0 Å². The number of ether oxygens (including phenoxy) is 1. The Bertz CT molecular complexity index is 1210. The van der Waals surface area contributed by atoms with Crippen molar-refractivity contribution in [3.8, 4) is 5.75 Å². The Morgan fingerprint density at radius 2 is 1.88 bits per heavy atom. The molecule has 0 fully saturated rings. The molecule has 0 saturated carbocycles. The number of pyridine rings is 3. The molecule has 6 heteroatoms. The highest BCUT2D eigenvalue weighted by Crippen LogP contribution is 2.20. The van der Waals surface area contributed by atoms with Crippen LogP contribution in [0, 0.1) is 0 Å². The number of hydrogen-bond donors (Lipinski definition) is 0. The second-order valence-corrected chi connectivity index (χ2v) is 8.15. The molecule has 3 heterocycles. The average molecular weight is 443 g/mol. The van der Waals surface area contributed by atoms with Crippen molar-refractivity contribution >= 4 is 16.7 Å². The zero-order valence-electron chi connectivity index (χ0n) is 19.1. The van der Waals surface area contributed by atoms with Gasteiger partial charge in [-0.3, -0.25) is 9.78 Å². The van der Waals surface area contributed by atoms with E-state index in [4.69, 9.17) is 4.74 Å². The molecular weight excluding hydrogens is 412 g/mol. The van der Waals surface area contributed by atoms with E-state index in [-0.39, 0.29) is 5.56 Å². The normalized spacial score (nSPS) is 10.9. The lowest BCUT2D eigenvalue weighted by atomic mass is 10.2. The highest BCUT2D eigenvalue weighted by Gasteiger charge is 2.08. The van der Waals surface area contributed by atoms with E-state index >= 15 is 0 Å². The van der Waals surface area contributed by atoms with Gasteiger partial charge in [0.05, 0.1) is 12.1 Å². The van der Waals surface area contributed by atoms with E-state index in [0.29, 0.717) is 6.61 Å². The number of fused-ring (bicyclic) bond motifs is 1. The van der Waals surface area contributed by atoms with Crippen LogP contribution in [0.15, 0.2) is 84.0 Å². The zero-order valence-corrected chi connectivity index (χ0v) is 19.1. The summed E-state index contributed by atoms with van der Waals surface area (Å²) in [6.07, 6.45) is 9.68. The van der Waals surface area contributed by atoms with Gasteiger partial charge in [0.2, 0.25) is 0 Å². The summed E-state index contributed by atoms with van der Waals surface area (Å²) < 4.78 is 7.61. The van der Waals surface area contributed by atoms with Gasteiger partial charge in [0, 0.05) is 50.2 Å². The van der Waals surface area contributed by atoms with Gasteiger partial charge in [-0.1, -0.05) is 12.1 Å². The number of aryl methyl sites for hydroxylation is 1. The fourth-order valence-corrected chi connectivity index (χ4v) is 3.92. The molecule has 0 radical (unpaired) electrons. The highest BCUT2D eigenvalue weighted by molar-refractivity contribution is 5.80. The summed E-state index contributed by atoms with van der Waals surface area (Å²) in [7, 11) is 1.79. The van der Waals surface area contributed by atoms with Crippen LogP contribution in [0.2, 0.25) is 0 Å². The first-order chi connectivity index (χ1) is 16.2. The lowest BCUT2D eigenvalue weighted by molar-refractivity contribution is 0.306. The van der Waals surface area contributed by atoms with E-state index in [0.717, 1.165) is 61.2 Å². The van der Waals surface area contributed by atoms with Crippen molar-refractivity contribution in [2.24, 2.45) is 7.05 Å². The van der Waals surface area contributed by atoms with Gasteiger partial charge in [-0.2, -0.15) is 0 Å². The minimum atomic E-state index is -0.00338. The molecule has 3 aromatic heterocycles. The quantitative estimate of drug-likeness (QED) is 0.317. The van der Waals surface area contributed by atoms with Crippen LogP contribution >= 0.6 is 0 Å². The van der Waals surface area contributed by atoms with Crippen LogP contribution in [0.1, 0.15) is 24.8 Å². The van der Waals surface area contributed by atoms with E-state index in [1.165, 1.54) is 5.56 Å². The molecular formula is C27H30N4O2. The molecule has 1 aromatic carbocycles. The molecule has 0 atom stereocenters. The van der Waals surface area contributed by atoms with Crippen LogP contribution in [-0.4, -0.2) is 34.2 Å². The van der Waals surface area contributed by atoms with Crippen molar-refractivity contribution in [2.75, 3.05) is 24.6 Å². The number of aromatic nitrogens is 3. The predicted octanol–water partition coefficient (Wildman–Crippen LogP) is 4.63. The van der Waals surface area contributed by atoms with E-state index in [2.05, 4.69) is 27.0 Å². The Kier molecular flexibility index (Phi) is 7.69. The largest absolute Gasteiger partial charge is 0.494 e. The predicted molar refractivity (Wildman–Crippen MR) is 133 cm³/mol. The summed E-state index contributed by atoms with van der Waals surface area (Å²) in [4.78, 5) is 22.9. The molecule has 4 aromatic rings. The Morgan fingerprint density at radius 1 is 0.939 bits per heavy atom. The summed E-state index contributed by atoms with van der Waals surface area (Å²) in [5, 5.41) is 1.01. The van der Waals surface area contributed by atoms with Crippen LogP contribution in [-0.2, 0) is 13.5 Å². The third-order valence-electron chi connectivity index (χ3n) is 5.80. The number of rotatable bonds is 11. The first-order valence-electron chi connectivity index (χ1n) is 11.5. The van der Waals surface area contributed by atoms with Crippen LogP contribution < -0.4 is 15.2 Å². The maximum absolute atomic E-state index is 11.8. The molecule has 0 aliphatic heterocycles. The Hall–Kier alpha value is -3.67. The second kappa shape index (κ2) is 11.3. The molecule has 0 aliphatic carbocycles. The first-order valence-corrected chi connectivity index (χ1v) is 11.5. The van der Waals surface area contributed by atoms with Gasteiger partial charge in [-0.05, 0) is 73.7 Å². The van der Waals surface area contributed by atoms with E-state index in [1.807, 2.05) is 61.1 Å². The van der Waals surface area contributed by atoms with Crippen molar-refractivity contribution < 1.29 is 4.74 Å². The maximum Gasteiger partial charge on any atom is 0.250 e. The van der Waals surface area contributed by atoms with Gasteiger partial charge in [0.1, 0.15) is 11.6 Å². The molecule has 0 unspecified atom stereocenters. The van der Waals surface area contributed by atoms with Crippen molar-refractivity contribution in [3.63, 3.8) is 0 Å². The molecule has 4 rings (SSSR count). The Labute approximate surface area is 194 Å². The summed E-state index contributed by atoms with van der Waals surface area (Å²) in [6.45, 7) is 2.55. The lowest BCUT2D eigenvalue weighted by Gasteiger charge is -2.23. The highest BCUT2D eigenvalue weighted by atomic mass is 16.5. The second-order valence-electron chi connectivity index (χ2n) is 8.15. The zero-order chi connectivity index (χ0) is 22.9. The van der Waals surface area contributed by atoms with Crippen LogP contribution in [0.4, 0.5) is 5.82 Å². The smallest absolute Gasteiger partial charge is 0.250 e. The monoisotopic (exact) mass is 442 g/mol. The minimum absolute atomic E-state index is 0.00338. The van der Waals surface area contributed by atoms with Gasteiger partial charge in [0.15, 0.2) is 0 Å². The van der Waals surface area contributed by atoms with E-state index in [1.54, 1.807) is 17.7 Å². The Morgan fingerprint density at radius 3 is 2.70 bits per heavy atom. The number of hydrogen-bond acceptors (Lipinski definition) is 5. The summed E-state index contributed by atoms with van der Waals surface area (Å²) in [6, 6.07) is 19.5. The molecule has 0 N–H and O–H groups in total. The summed E-state index contributed by atoms with van der Waals surface area (Å²) in [5.41, 5.74) is 2.15. The molecule has 0 saturated heterocycles. The van der Waals surface area contributed by atoms with Crippen LogP contribution in [0.5, 0.6) is 5.75 Å². The number of anilines is 1. The number of unbranched alkanes of at least 4 members (excludes halogenated alkanes) is 2.